The van der Waals surface area contributed by atoms with Crippen LogP contribution in [-0.2, 0) is 9.53 Å². The van der Waals surface area contributed by atoms with E-state index in [4.69, 9.17) is 9.84 Å². The number of nitrogens with zero attached hydrogens (tertiary/aromatic N) is 3. The van der Waals surface area contributed by atoms with Crippen LogP contribution in [-0.4, -0.2) is 57.5 Å². The van der Waals surface area contributed by atoms with Crippen molar-refractivity contribution in [1.29, 1.82) is 0 Å². The number of rotatable bonds is 4. The third-order valence-electron chi connectivity index (χ3n) is 3.98. The molecule has 0 radical (unpaired) electrons. The summed E-state index contributed by atoms with van der Waals surface area (Å²) in [6.45, 7) is 2.86. The number of carboxylic acid groups (broad SMARTS) is 1. The molecule has 1 atom stereocenters. The third-order valence-corrected chi connectivity index (χ3v) is 3.98. The van der Waals surface area contributed by atoms with E-state index in [1.807, 2.05) is 30.3 Å². The zero-order chi connectivity index (χ0) is 17.1. The van der Waals surface area contributed by atoms with Crippen LogP contribution in [0.4, 0.5) is 0 Å². The number of benzene rings is 1. The van der Waals surface area contributed by atoms with Crippen LogP contribution in [0.5, 0.6) is 0 Å². The van der Waals surface area contributed by atoms with Crippen LogP contribution in [0, 0.1) is 6.92 Å². The molecule has 1 fully saturated rings. The van der Waals surface area contributed by atoms with Crippen LogP contribution >= 0.6 is 0 Å². The lowest BCUT2D eigenvalue weighted by Gasteiger charge is -2.32. The molecule has 1 aliphatic heterocycles. The van der Waals surface area contributed by atoms with E-state index in [2.05, 4.69) is 5.10 Å². The van der Waals surface area contributed by atoms with E-state index in [0.717, 1.165) is 5.69 Å². The summed E-state index contributed by atoms with van der Waals surface area (Å²) in [5, 5.41) is 13.3. The first-order valence-electron chi connectivity index (χ1n) is 7.79. The molecule has 2 heterocycles. The van der Waals surface area contributed by atoms with Crippen molar-refractivity contribution >= 4 is 11.9 Å². The second-order valence-electron chi connectivity index (χ2n) is 5.75. The van der Waals surface area contributed by atoms with Gasteiger partial charge in [0.1, 0.15) is 0 Å². The largest absolute Gasteiger partial charge is 0.481 e. The Morgan fingerprint density at radius 3 is 2.79 bits per heavy atom. The molecule has 1 amide bonds. The minimum atomic E-state index is -0.928. The maximum Gasteiger partial charge on any atom is 0.306 e. The lowest BCUT2D eigenvalue weighted by Crippen LogP contribution is -2.46. The quantitative estimate of drug-likeness (QED) is 0.919. The summed E-state index contributed by atoms with van der Waals surface area (Å²) >= 11 is 0. The number of carbonyl (C=O) groups is 2. The van der Waals surface area contributed by atoms with Gasteiger partial charge in [-0.3, -0.25) is 9.59 Å². The minimum absolute atomic E-state index is 0.105. The molecular weight excluding hydrogens is 310 g/mol. The van der Waals surface area contributed by atoms with Crippen molar-refractivity contribution in [2.24, 2.45) is 0 Å². The molecule has 3 rings (SSSR count). The SMILES string of the molecule is Cc1nn(-c2ccccc2)cc1C(=O)N1CCO[C@@H](CC(=O)O)C1. The highest BCUT2D eigenvalue weighted by Crippen LogP contribution is 2.17. The van der Waals surface area contributed by atoms with Gasteiger partial charge in [-0.25, -0.2) is 4.68 Å². The number of hydrogen-bond acceptors (Lipinski definition) is 4. The number of aryl methyl sites for hydroxylation is 1. The summed E-state index contributed by atoms with van der Waals surface area (Å²) in [5.41, 5.74) is 2.05. The number of amides is 1. The molecule has 24 heavy (non-hydrogen) atoms. The fraction of sp³-hybridized carbons (Fsp3) is 0.353. The summed E-state index contributed by atoms with van der Waals surface area (Å²) in [6, 6.07) is 9.57. The molecule has 1 aliphatic rings. The minimum Gasteiger partial charge on any atom is -0.481 e. The molecule has 1 aromatic heterocycles. The van der Waals surface area contributed by atoms with E-state index in [0.29, 0.717) is 24.4 Å². The van der Waals surface area contributed by atoms with Gasteiger partial charge < -0.3 is 14.7 Å². The summed E-state index contributed by atoms with van der Waals surface area (Å²) in [6.07, 6.45) is 1.14. The first-order chi connectivity index (χ1) is 11.5. The van der Waals surface area contributed by atoms with Crippen molar-refractivity contribution in [1.82, 2.24) is 14.7 Å². The average Bonchev–Trinajstić information content (AvgIpc) is 2.96. The molecule has 2 aromatic rings. The summed E-state index contributed by atoms with van der Waals surface area (Å²) < 4.78 is 7.09. The average molecular weight is 329 g/mol. The predicted octanol–water partition coefficient (Wildman–Crippen LogP) is 1.50. The fourth-order valence-corrected chi connectivity index (χ4v) is 2.78. The Bertz CT molecular complexity index is 742. The fourth-order valence-electron chi connectivity index (χ4n) is 2.78. The monoisotopic (exact) mass is 329 g/mol. The lowest BCUT2D eigenvalue weighted by molar-refractivity contribution is -0.141. The maximum atomic E-state index is 12.8. The number of carboxylic acids is 1. The molecule has 7 nitrogen and oxygen atoms in total. The van der Waals surface area contributed by atoms with Gasteiger partial charge in [0.2, 0.25) is 0 Å². The third kappa shape index (κ3) is 3.46. The van der Waals surface area contributed by atoms with Gasteiger partial charge in [0, 0.05) is 19.3 Å². The maximum absolute atomic E-state index is 12.8. The van der Waals surface area contributed by atoms with Crippen molar-refractivity contribution < 1.29 is 19.4 Å². The summed E-state index contributed by atoms with van der Waals surface area (Å²) in [7, 11) is 0. The molecular formula is C17H19N3O4. The van der Waals surface area contributed by atoms with E-state index < -0.39 is 12.1 Å². The first kappa shape index (κ1) is 16.2. The highest BCUT2D eigenvalue weighted by atomic mass is 16.5. The number of para-hydroxylation sites is 1. The second kappa shape index (κ2) is 6.84. The Kier molecular flexibility index (Phi) is 4.61. The standard InChI is InChI=1S/C17H19N3O4/c1-12-15(11-20(18-12)13-5-3-2-4-6-13)17(23)19-7-8-24-14(10-19)9-16(21)22/h2-6,11,14H,7-10H2,1H3,(H,21,22)/t14-/m0/s1. The summed E-state index contributed by atoms with van der Waals surface area (Å²) in [4.78, 5) is 25.2. The number of hydrogen-bond donors (Lipinski definition) is 1. The Hall–Kier alpha value is -2.67. The highest BCUT2D eigenvalue weighted by Gasteiger charge is 2.28. The zero-order valence-corrected chi connectivity index (χ0v) is 13.4. The highest BCUT2D eigenvalue weighted by molar-refractivity contribution is 5.95. The first-order valence-corrected chi connectivity index (χ1v) is 7.79. The predicted molar refractivity (Wildman–Crippen MR) is 86.2 cm³/mol. The van der Waals surface area contributed by atoms with Crippen LogP contribution in [0.3, 0.4) is 0 Å². The van der Waals surface area contributed by atoms with Crippen molar-refractivity contribution in [3.05, 3.63) is 47.8 Å². The van der Waals surface area contributed by atoms with Crippen LogP contribution < -0.4 is 0 Å². The molecule has 1 saturated heterocycles. The summed E-state index contributed by atoms with van der Waals surface area (Å²) in [5.74, 6) is -1.07. The van der Waals surface area contributed by atoms with E-state index in [9.17, 15) is 9.59 Å². The zero-order valence-electron chi connectivity index (χ0n) is 13.4. The van der Waals surface area contributed by atoms with Gasteiger partial charge in [0.05, 0.1) is 36.1 Å². The van der Waals surface area contributed by atoms with Crippen molar-refractivity contribution in [3.8, 4) is 5.69 Å². The Morgan fingerprint density at radius 1 is 1.33 bits per heavy atom. The van der Waals surface area contributed by atoms with E-state index in [-0.39, 0.29) is 18.9 Å². The smallest absolute Gasteiger partial charge is 0.306 e. The van der Waals surface area contributed by atoms with Gasteiger partial charge in [-0.05, 0) is 19.1 Å². The topological polar surface area (TPSA) is 84.7 Å². The molecule has 0 spiro atoms. The Morgan fingerprint density at radius 2 is 2.08 bits per heavy atom. The van der Waals surface area contributed by atoms with Crippen LogP contribution in [0.2, 0.25) is 0 Å². The van der Waals surface area contributed by atoms with Crippen molar-refractivity contribution in [3.63, 3.8) is 0 Å². The van der Waals surface area contributed by atoms with E-state index in [1.54, 1.807) is 22.7 Å². The molecule has 0 unspecified atom stereocenters. The number of aliphatic carboxylic acids is 1. The van der Waals surface area contributed by atoms with Gasteiger partial charge in [-0.2, -0.15) is 5.10 Å². The second-order valence-corrected chi connectivity index (χ2v) is 5.75. The van der Waals surface area contributed by atoms with Gasteiger partial charge >= 0.3 is 5.97 Å². The Labute approximate surface area is 139 Å². The van der Waals surface area contributed by atoms with Crippen molar-refractivity contribution in [2.75, 3.05) is 19.7 Å². The number of morpholine rings is 1. The molecule has 1 N–H and O–H groups in total. The molecule has 0 saturated carbocycles. The molecule has 0 aliphatic carbocycles. The van der Waals surface area contributed by atoms with E-state index >= 15 is 0 Å². The van der Waals surface area contributed by atoms with Crippen LogP contribution in [0.25, 0.3) is 5.69 Å². The van der Waals surface area contributed by atoms with Crippen LogP contribution in [0.15, 0.2) is 36.5 Å². The van der Waals surface area contributed by atoms with Gasteiger partial charge in [-0.15, -0.1) is 0 Å². The molecule has 7 heteroatoms. The van der Waals surface area contributed by atoms with Gasteiger partial charge in [0.25, 0.3) is 5.91 Å². The normalized spacial score (nSPS) is 17.7. The van der Waals surface area contributed by atoms with Crippen molar-refractivity contribution in [2.45, 2.75) is 19.4 Å². The number of aromatic nitrogens is 2. The molecule has 1 aromatic carbocycles. The number of ether oxygens (including phenoxy) is 1. The lowest BCUT2D eigenvalue weighted by atomic mass is 10.1. The van der Waals surface area contributed by atoms with Gasteiger partial charge in [0.15, 0.2) is 0 Å². The molecule has 126 valence electrons. The van der Waals surface area contributed by atoms with E-state index in [1.165, 1.54) is 0 Å². The molecule has 0 bridgehead atoms. The Balaban J connectivity index is 1.77. The van der Waals surface area contributed by atoms with Gasteiger partial charge in [-0.1, -0.05) is 18.2 Å². The van der Waals surface area contributed by atoms with Crippen LogP contribution in [0.1, 0.15) is 22.5 Å². The number of carbonyl (C=O) groups excluding carboxylic acids is 1.